The summed E-state index contributed by atoms with van der Waals surface area (Å²) < 4.78 is 15.4. The van der Waals surface area contributed by atoms with Gasteiger partial charge in [0, 0.05) is 104 Å². The Morgan fingerprint density at radius 1 is 0.271 bits per heavy atom. The summed E-state index contributed by atoms with van der Waals surface area (Å²) in [4.78, 5) is 5.39. The molecule has 7 heterocycles. The Hall–Kier alpha value is -8.33. The molecule has 17 rings (SSSR count). The number of pyridine rings is 1. The lowest BCUT2D eigenvalue weighted by molar-refractivity contribution is 1.13. The summed E-state index contributed by atoms with van der Waals surface area (Å²) >= 11 is 5.63. The van der Waals surface area contributed by atoms with Crippen molar-refractivity contribution >= 4 is 171 Å². The Bertz CT molecular complexity index is 5150. The van der Waals surface area contributed by atoms with E-state index >= 15 is 0 Å². The van der Waals surface area contributed by atoms with Gasteiger partial charge >= 0.3 is 0 Å². The summed E-state index contributed by atoms with van der Waals surface area (Å²) in [6.45, 7) is 0. The lowest BCUT2D eigenvalue weighted by Gasteiger charge is -2.19. The lowest BCUT2D eigenvalue weighted by Crippen LogP contribution is -2.04. The van der Waals surface area contributed by atoms with Crippen LogP contribution in [0.3, 0.4) is 0 Å². The molecular formula is C63H34N4S3. The van der Waals surface area contributed by atoms with E-state index in [0.717, 1.165) is 33.5 Å². The van der Waals surface area contributed by atoms with Crippen LogP contribution in [0.5, 0.6) is 0 Å². The van der Waals surface area contributed by atoms with E-state index in [1.54, 1.807) is 0 Å². The maximum Gasteiger partial charge on any atom is 0.0765 e. The van der Waals surface area contributed by atoms with Crippen molar-refractivity contribution in [2.75, 3.05) is 0 Å². The largest absolute Gasteiger partial charge is 0.309 e. The summed E-state index contributed by atoms with van der Waals surface area (Å²) in [5.41, 5.74) is 11.2. The second-order valence-electron chi connectivity index (χ2n) is 18.6. The van der Waals surface area contributed by atoms with Gasteiger partial charge in [-0.3, -0.25) is 4.98 Å². The van der Waals surface area contributed by atoms with Gasteiger partial charge in [0.1, 0.15) is 0 Å². The predicted molar refractivity (Wildman–Crippen MR) is 303 cm³/mol. The van der Waals surface area contributed by atoms with Crippen molar-refractivity contribution in [3.05, 3.63) is 206 Å². The average Bonchev–Trinajstić information content (AvgIpc) is 4.25. The van der Waals surface area contributed by atoms with Crippen LogP contribution >= 0.6 is 34.0 Å². The highest BCUT2D eigenvalue weighted by Gasteiger charge is 2.24. The molecule has 4 nitrogen and oxygen atoms in total. The highest BCUT2D eigenvalue weighted by Crippen LogP contribution is 2.47. The summed E-state index contributed by atoms with van der Waals surface area (Å²) in [7, 11) is 0. The molecule has 0 radical (unpaired) electrons. The van der Waals surface area contributed by atoms with Crippen molar-refractivity contribution in [2.45, 2.75) is 0 Å². The molecule has 0 aliphatic rings. The number of para-hydroxylation sites is 3. The molecule has 0 spiro atoms. The molecule has 0 saturated carbocycles. The number of nitrogens with zero attached hydrogens (tertiary/aromatic N) is 4. The molecule has 10 aromatic carbocycles. The number of fused-ring (bicyclic) bond motifs is 19. The minimum atomic E-state index is 0.930. The monoisotopic (exact) mass is 942 g/mol. The summed E-state index contributed by atoms with van der Waals surface area (Å²) in [6, 6.07) is 74.9. The Labute approximate surface area is 410 Å². The zero-order valence-corrected chi connectivity index (χ0v) is 39.6. The second kappa shape index (κ2) is 13.7. The van der Waals surface area contributed by atoms with Crippen molar-refractivity contribution in [3.63, 3.8) is 0 Å². The quantitative estimate of drug-likeness (QED) is 0.173. The summed E-state index contributed by atoms with van der Waals surface area (Å²) in [5, 5.41) is 16.3. The molecule has 7 heteroatoms. The van der Waals surface area contributed by atoms with Gasteiger partial charge in [0.05, 0.1) is 55.7 Å². The third-order valence-electron chi connectivity index (χ3n) is 15.0. The van der Waals surface area contributed by atoms with E-state index in [1.165, 1.54) is 120 Å². The standard InChI is InChI=1S/C63H34N4S3/c1-7-19-49-36(13-1)42-32-60-45(39-16-4-10-22-57(39)68-60)29-53(42)65(49)35-27-48-63(56(28-35)67-51-21-9-3-15-38(51)44-34-62-47(31-55(44)67)41-18-6-12-24-59(41)70-62)52(25-26-64-48)66-50-20-8-2-14-37(50)43-33-61-46(30-54(43)66)40-17-5-11-23-58(40)69-61/h1-34H. The van der Waals surface area contributed by atoms with Gasteiger partial charge in [0.2, 0.25) is 0 Å². The Morgan fingerprint density at radius 2 is 0.657 bits per heavy atom. The SMILES string of the molecule is c1ccc2c(c1)sc1cc3c4ccccc4n(-c4cc(-n5c6ccccc6c6cc7sc8ccccc8c7cc65)c5c(-n6c7ccccc7c7cc8sc9ccccc9c8cc76)ccnc5c4)c3cc12. The smallest absolute Gasteiger partial charge is 0.0765 e. The van der Waals surface area contributed by atoms with Gasteiger partial charge in [-0.05, 0) is 91.0 Å². The third-order valence-corrected chi connectivity index (χ3v) is 18.4. The van der Waals surface area contributed by atoms with Gasteiger partial charge in [-0.2, -0.15) is 0 Å². The van der Waals surface area contributed by atoms with Crippen LogP contribution in [-0.4, -0.2) is 18.7 Å². The highest BCUT2D eigenvalue weighted by atomic mass is 32.1. The first-order valence-corrected chi connectivity index (χ1v) is 26.1. The molecule has 0 N–H and O–H groups in total. The topological polar surface area (TPSA) is 27.7 Å². The molecule has 0 atom stereocenters. The minimum absolute atomic E-state index is 0.930. The van der Waals surface area contributed by atoms with E-state index in [4.69, 9.17) is 4.98 Å². The fourth-order valence-electron chi connectivity index (χ4n) is 12.1. The van der Waals surface area contributed by atoms with E-state index in [1.807, 2.05) is 40.2 Å². The fraction of sp³-hybridized carbons (Fsp3) is 0. The maximum atomic E-state index is 5.39. The Morgan fingerprint density at radius 3 is 1.13 bits per heavy atom. The van der Waals surface area contributed by atoms with Crippen molar-refractivity contribution in [3.8, 4) is 17.1 Å². The van der Waals surface area contributed by atoms with Crippen LogP contribution in [-0.2, 0) is 0 Å². The van der Waals surface area contributed by atoms with Gasteiger partial charge in [0.25, 0.3) is 0 Å². The Balaban J connectivity index is 1.05. The molecule has 0 aliphatic carbocycles. The molecular weight excluding hydrogens is 909 g/mol. The zero-order chi connectivity index (χ0) is 45.3. The fourth-order valence-corrected chi connectivity index (χ4v) is 15.5. The number of benzene rings is 10. The lowest BCUT2D eigenvalue weighted by atomic mass is 10.1. The molecule has 0 unspecified atom stereocenters. The molecule has 7 aromatic heterocycles. The van der Waals surface area contributed by atoms with E-state index in [2.05, 4.69) is 214 Å². The number of rotatable bonds is 3. The normalized spacial score (nSPS) is 12.6. The van der Waals surface area contributed by atoms with Crippen LogP contribution in [0.4, 0.5) is 0 Å². The molecule has 0 saturated heterocycles. The summed E-state index contributed by atoms with van der Waals surface area (Å²) in [5.74, 6) is 0. The summed E-state index contributed by atoms with van der Waals surface area (Å²) in [6.07, 6.45) is 2.02. The van der Waals surface area contributed by atoms with Crippen molar-refractivity contribution in [1.29, 1.82) is 0 Å². The van der Waals surface area contributed by atoms with Gasteiger partial charge < -0.3 is 13.7 Å². The molecule has 0 fully saturated rings. The number of hydrogen-bond acceptors (Lipinski definition) is 4. The minimum Gasteiger partial charge on any atom is -0.309 e. The average molecular weight is 943 g/mol. The molecule has 17 aromatic rings. The predicted octanol–water partition coefficient (Wildman–Crippen LogP) is 18.6. The van der Waals surface area contributed by atoms with Crippen LogP contribution in [0.1, 0.15) is 0 Å². The van der Waals surface area contributed by atoms with Crippen molar-refractivity contribution in [1.82, 2.24) is 18.7 Å². The van der Waals surface area contributed by atoms with Crippen LogP contribution < -0.4 is 0 Å². The van der Waals surface area contributed by atoms with Crippen LogP contribution in [0.25, 0.3) is 154 Å². The zero-order valence-electron chi connectivity index (χ0n) is 37.1. The first-order valence-electron chi connectivity index (χ1n) is 23.7. The first kappa shape index (κ1) is 37.6. The van der Waals surface area contributed by atoms with Crippen LogP contribution in [0.2, 0.25) is 0 Å². The van der Waals surface area contributed by atoms with E-state index < -0.39 is 0 Å². The van der Waals surface area contributed by atoms with E-state index in [0.29, 0.717) is 0 Å². The highest BCUT2D eigenvalue weighted by molar-refractivity contribution is 7.26. The molecule has 0 bridgehead atoms. The van der Waals surface area contributed by atoms with Gasteiger partial charge in [0.15, 0.2) is 0 Å². The van der Waals surface area contributed by atoms with Crippen molar-refractivity contribution < 1.29 is 0 Å². The van der Waals surface area contributed by atoms with Crippen molar-refractivity contribution in [2.24, 2.45) is 0 Å². The van der Waals surface area contributed by atoms with Gasteiger partial charge in [-0.15, -0.1) is 34.0 Å². The maximum absolute atomic E-state index is 5.39. The third kappa shape index (κ3) is 4.95. The van der Waals surface area contributed by atoms with Crippen LogP contribution in [0.15, 0.2) is 206 Å². The number of thiophene rings is 3. The number of hydrogen-bond donors (Lipinski definition) is 0. The van der Waals surface area contributed by atoms with E-state index in [9.17, 15) is 0 Å². The van der Waals surface area contributed by atoms with Gasteiger partial charge in [-0.25, -0.2) is 0 Å². The second-order valence-corrected chi connectivity index (χ2v) is 21.9. The molecule has 324 valence electrons. The van der Waals surface area contributed by atoms with E-state index in [-0.39, 0.29) is 0 Å². The van der Waals surface area contributed by atoms with Crippen LogP contribution in [0, 0.1) is 0 Å². The molecule has 0 amide bonds. The molecule has 0 aliphatic heterocycles. The first-order chi connectivity index (χ1) is 34.7. The Kier molecular flexibility index (Phi) is 7.35. The molecule has 70 heavy (non-hydrogen) atoms. The number of aromatic nitrogens is 4. The van der Waals surface area contributed by atoms with Gasteiger partial charge in [-0.1, -0.05) is 109 Å².